The van der Waals surface area contributed by atoms with Crippen molar-refractivity contribution in [3.8, 4) is 0 Å². The highest BCUT2D eigenvalue weighted by atomic mass is 35.5. The second kappa shape index (κ2) is 10.4. The highest BCUT2D eigenvalue weighted by Gasteiger charge is 2.28. The Morgan fingerprint density at radius 1 is 1.17 bits per heavy atom. The second-order valence-corrected chi connectivity index (χ2v) is 7.71. The van der Waals surface area contributed by atoms with Crippen LogP contribution < -0.4 is 5.32 Å². The number of pyridine rings is 1. The summed E-state index contributed by atoms with van der Waals surface area (Å²) in [7, 11) is 0. The molecule has 0 aliphatic carbocycles. The van der Waals surface area contributed by atoms with Gasteiger partial charge in [-0.1, -0.05) is 36.7 Å². The molecule has 3 rings (SSSR count). The number of nitrogens with one attached hydrogen (secondary N) is 1. The van der Waals surface area contributed by atoms with E-state index in [9.17, 15) is 9.59 Å². The highest BCUT2D eigenvalue weighted by molar-refractivity contribution is 6.30. The zero-order chi connectivity index (χ0) is 20.6. The van der Waals surface area contributed by atoms with Gasteiger partial charge in [-0.05, 0) is 50.1 Å². The van der Waals surface area contributed by atoms with E-state index in [4.69, 9.17) is 11.6 Å². The maximum atomic E-state index is 12.6. The van der Waals surface area contributed by atoms with Crippen molar-refractivity contribution in [2.24, 2.45) is 0 Å². The van der Waals surface area contributed by atoms with Crippen LogP contribution in [0.15, 0.2) is 48.7 Å². The minimum absolute atomic E-state index is 0.0812. The molecule has 1 aliphatic rings. The summed E-state index contributed by atoms with van der Waals surface area (Å²) in [6.45, 7) is 4.69. The summed E-state index contributed by atoms with van der Waals surface area (Å²) in [6.07, 6.45) is 4.21. The molecule has 1 N–H and O–H groups in total. The van der Waals surface area contributed by atoms with Crippen molar-refractivity contribution in [3.63, 3.8) is 0 Å². The van der Waals surface area contributed by atoms with E-state index in [1.165, 1.54) is 6.20 Å². The van der Waals surface area contributed by atoms with Crippen LogP contribution in [0, 0.1) is 0 Å². The van der Waals surface area contributed by atoms with Gasteiger partial charge in [0.25, 0.3) is 5.91 Å². The number of hydrogen-bond acceptors (Lipinski definition) is 4. The average molecular weight is 415 g/mol. The van der Waals surface area contributed by atoms with Gasteiger partial charge in [0.1, 0.15) is 5.82 Å². The topological polar surface area (TPSA) is 65.5 Å². The average Bonchev–Trinajstić information content (AvgIpc) is 2.75. The number of aromatic nitrogens is 1. The van der Waals surface area contributed by atoms with Gasteiger partial charge in [0.05, 0.1) is 11.6 Å². The summed E-state index contributed by atoms with van der Waals surface area (Å²) >= 11 is 5.84. The monoisotopic (exact) mass is 414 g/mol. The van der Waals surface area contributed by atoms with Crippen LogP contribution in [-0.2, 0) is 4.79 Å². The predicted molar refractivity (Wildman–Crippen MR) is 115 cm³/mol. The molecule has 29 heavy (non-hydrogen) atoms. The third-order valence-corrected chi connectivity index (χ3v) is 5.36. The van der Waals surface area contributed by atoms with Crippen molar-refractivity contribution in [1.29, 1.82) is 0 Å². The number of anilines is 1. The zero-order valence-electron chi connectivity index (χ0n) is 16.7. The molecule has 0 atom stereocenters. The summed E-state index contributed by atoms with van der Waals surface area (Å²) in [5.41, 5.74) is 0.728. The molecule has 0 bridgehead atoms. The molecule has 0 unspecified atom stereocenters. The standard InChI is InChI=1S/C22H27ClN4O2/c1-2-12-27(16-21(28)25-20-9-8-18(23)15-24-20)19-10-13-26(14-11-19)22(29)17-6-4-3-5-7-17/h3-9,15,19H,2,10-14,16H2,1H3,(H,24,25,28). The number of hydrogen-bond donors (Lipinski definition) is 1. The normalized spacial score (nSPS) is 14.8. The van der Waals surface area contributed by atoms with E-state index < -0.39 is 0 Å². The van der Waals surface area contributed by atoms with Gasteiger partial charge in [-0.25, -0.2) is 4.98 Å². The van der Waals surface area contributed by atoms with Crippen LogP contribution in [0.2, 0.25) is 5.02 Å². The maximum Gasteiger partial charge on any atom is 0.253 e. The Kier molecular flexibility index (Phi) is 7.61. The van der Waals surface area contributed by atoms with Crippen molar-refractivity contribution in [3.05, 3.63) is 59.2 Å². The fourth-order valence-electron chi connectivity index (χ4n) is 3.69. The second-order valence-electron chi connectivity index (χ2n) is 7.27. The molecular weight excluding hydrogens is 388 g/mol. The van der Waals surface area contributed by atoms with Gasteiger partial charge >= 0.3 is 0 Å². The van der Waals surface area contributed by atoms with Crippen molar-refractivity contribution in [2.75, 3.05) is 31.5 Å². The van der Waals surface area contributed by atoms with Crippen LogP contribution in [0.4, 0.5) is 5.82 Å². The third kappa shape index (κ3) is 6.02. The summed E-state index contributed by atoms with van der Waals surface area (Å²) in [5, 5.41) is 3.37. The SMILES string of the molecule is CCCN(CC(=O)Nc1ccc(Cl)cn1)C1CCN(C(=O)c2ccccc2)CC1. The van der Waals surface area contributed by atoms with Gasteiger partial charge < -0.3 is 10.2 Å². The van der Waals surface area contributed by atoms with Crippen molar-refractivity contribution >= 4 is 29.2 Å². The van der Waals surface area contributed by atoms with Crippen LogP contribution in [0.1, 0.15) is 36.5 Å². The predicted octanol–water partition coefficient (Wildman–Crippen LogP) is 3.69. The molecule has 2 aromatic rings. The van der Waals surface area contributed by atoms with E-state index >= 15 is 0 Å². The summed E-state index contributed by atoms with van der Waals surface area (Å²) in [6, 6.07) is 13.1. The molecule has 1 fully saturated rings. The first-order chi connectivity index (χ1) is 14.1. The van der Waals surface area contributed by atoms with E-state index in [1.807, 2.05) is 35.2 Å². The van der Waals surface area contributed by atoms with Gasteiger partial charge in [0.15, 0.2) is 0 Å². The smallest absolute Gasteiger partial charge is 0.253 e. The van der Waals surface area contributed by atoms with E-state index in [1.54, 1.807) is 12.1 Å². The van der Waals surface area contributed by atoms with Crippen molar-refractivity contribution < 1.29 is 9.59 Å². The van der Waals surface area contributed by atoms with E-state index in [0.717, 1.165) is 31.4 Å². The van der Waals surface area contributed by atoms with E-state index in [2.05, 4.69) is 22.1 Å². The Morgan fingerprint density at radius 3 is 2.52 bits per heavy atom. The molecule has 0 radical (unpaired) electrons. The van der Waals surface area contributed by atoms with E-state index in [0.29, 0.717) is 36.5 Å². The molecule has 7 heteroatoms. The van der Waals surface area contributed by atoms with Gasteiger partial charge in [-0.2, -0.15) is 0 Å². The Morgan fingerprint density at radius 2 is 1.90 bits per heavy atom. The Bertz CT molecular complexity index is 805. The minimum atomic E-state index is -0.0870. The highest BCUT2D eigenvalue weighted by Crippen LogP contribution is 2.19. The fraction of sp³-hybridized carbons (Fsp3) is 0.409. The fourth-order valence-corrected chi connectivity index (χ4v) is 3.80. The first-order valence-electron chi connectivity index (χ1n) is 10.1. The molecule has 1 aliphatic heterocycles. The van der Waals surface area contributed by atoms with Crippen molar-refractivity contribution in [1.82, 2.24) is 14.8 Å². The van der Waals surface area contributed by atoms with Crippen LogP contribution >= 0.6 is 11.6 Å². The molecule has 154 valence electrons. The van der Waals surface area contributed by atoms with Crippen LogP contribution in [0.3, 0.4) is 0 Å². The van der Waals surface area contributed by atoms with Crippen molar-refractivity contribution in [2.45, 2.75) is 32.2 Å². The molecule has 6 nitrogen and oxygen atoms in total. The molecule has 0 spiro atoms. The number of halogens is 1. The third-order valence-electron chi connectivity index (χ3n) is 5.14. The lowest BCUT2D eigenvalue weighted by molar-refractivity contribution is -0.118. The summed E-state index contributed by atoms with van der Waals surface area (Å²) in [4.78, 5) is 33.4. The number of benzene rings is 1. The van der Waals surface area contributed by atoms with Crippen LogP contribution in [0.25, 0.3) is 0 Å². The molecular formula is C22H27ClN4O2. The molecule has 2 amide bonds. The summed E-state index contributed by atoms with van der Waals surface area (Å²) < 4.78 is 0. The molecule has 2 heterocycles. The Balaban J connectivity index is 1.54. The van der Waals surface area contributed by atoms with Gasteiger partial charge in [-0.15, -0.1) is 0 Å². The summed E-state index contributed by atoms with van der Waals surface area (Å²) in [5.74, 6) is 0.493. The number of piperidine rings is 1. The minimum Gasteiger partial charge on any atom is -0.339 e. The first-order valence-corrected chi connectivity index (χ1v) is 10.4. The quantitative estimate of drug-likeness (QED) is 0.750. The number of rotatable bonds is 7. The van der Waals surface area contributed by atoms with Gasteiger partial charge in [-0.3, -0.25) is 14.5 Å². The van der Waals surface area contributed by atoms with Crippen LogP contribution in [0.5, 0.6) is 0 Å². The number of likely N-dealkylation sites (tertiary alicyclic amines) is 1. The largest absolute Gasteiger partial charge is 0.339 e. The van der Waals surface area contributed by atoms with Crippen LogP contribution in [-0.4, -0.2) is 58.8 Å². The number of carbonyl (C=O) groups excluding carboxylic acids is 2. The first kappa shape index (κ1) is 21.3. The molecule has 1 aromatic heterocycles. The Labute approximate surface area is 176 Å². The number of carbonyl (C=O) groups is 2. The molecule has 0 saturated carbocycles. The lowest BCUT2D eigenvalue weighted by atomic mass is 10.0. The molecule has 1 saturated heterocycles. The number of nitrogens with zero attached hydrogens (tertiary/aromatic N) is 3. The van der Waals surface area contributed by atoms with E-state index in [-0.39, 0.29) is 11.8 Å². The Hall–Kier alpha value is -2.44. The van der Waals surface area contributed by atoms with Gasteiger partial charge in [0, 0.05) is 30.9 Å². The lowest BCUT2D eigenvalue weighted by Crippen LogP contribution is -2.49. The number of amides is 2. The van der Waals surface area contributed by atoms with Gasteiger partial charge in [0.2, 0.25) is 5.91 Å². The lowest BCUT2D eigenvalue weighted by Gasteiger charge is -2.38. The maximum absolute atomic E-state index is 12.6. The zero-order valence-corrected chi connectivity index (χ0v) is 17.4. The molecule has 1 aromatic carbocycles.